The van der Waals surface area contributed by atoms with Gasteiger partial charge >= 0.3 is 0 Å². The van der Waals surface area contributed by atoms with Gasteiger partial charge in [0.25, 0.3) is 37.4 Å². The summed E-state index contributed by atoms with van der Waals surface area (Å²) >= 11 is 0. The van der Waals surface area contributed by atoms with Crippen molar-refractivity contribution in [2.45, 2.75) is 6.92 Å². The molecule has 0 aliphatic carbocycles. The predicted octanol–water partition coefficient (Wildman–Crippen LogP) is 0.526. The third-order valence-electron chi connectivity index (χ3n) is 3.85. The highest BCUT2D eigenvalue weighted by molar-refractivity contribution is 5.59. The molecule has 0 saturated heterocycles. The van der Waals surface area contributed by atoms with Crippen LogP contribution < -0.4 is 0 Å². The van der Waals surface area contributed by atoms with Gasteiger partial charge < -0.3 is 19.4 Å². The Labute approximate surface area is 199 Å². The van der Waals surface area contributed by atoms with Gasteiger partial charge in [0.1, 0.15) is 32.0 Å². The van der Waals surface area contributed by atoms with E-state index < -0.39 is 84.0 Å². The number of nitro benzene ring substituents is 3. The molecule has 0 aromatic heterocycles. The summed E-state index contributed by atoms with van der Waals surface area (Å²) < 4.78 is 0. The minimum absolute atomic E-state index is 0.208. The lowest BCUT2D eigenvalue weighted by Gasteiger charge is -2.28. The summed E-state index contributed by atoms with van der Waals surface area (Å²) in [6, 6.07) is 1.39. The summed E-state index contributed by atoms with van der Waals surface area (Å²) in [6.07, 6.45) is 0. The van der Waals surface area contributed by atoms with E-state index in [2.05, 4.69) is 19.4 Å². The summed E-state index contributed by atoms with van der Waals surface area (Å²) in [5.41, 5.74) is -4.19. The summed E-state index contributed by atoms with van der Waals surface area (Å²) in [4.78, 5) is 84.9. The first-order valence-corrected chi connectivity index (χ1v) is 8.68. The normalized spacial score (nSPS) is 10.1. The van der Waals surface area contributed by atoms with E-state index in [0.717, 1.165) is 0 Å². The molecule has 0 aliphatic heterocycles. The molecule has 25 nitrogen and oxygen atoms in total. The number of benzene rings is 1. The molecule has 0 saturated carbocycles. The highest BCUT2D eigenvalue weighted by Gasteiger charge is 2.37. The van der Waals surface area contributed by atoms with E-state index in [1.165, 1.54) is 6.92 Å². The Morgan fingerprint density at radius 3 is 1.03 bits per heavy atom. The second kappa shape index (κ2) is 13.8. The Morgan fingerprint density at radius 1 is 0.568 bits per heavy atom. The zero-order valence-electron chi connectivity index (χ0n) is 18.0. The van der Waals surface area contributed by atoms with E-state index in [0.29, 0.717) is 12.1 Å². The van der Waals surface area contributed by atoms with Crippen LogP contribution in [0.3, 0.4) is 0 Å². The van der Waals surface area contributed by atoms with Crippen LogP contribution in [0.5, 0.6) is 0 Å². The van der Waals surface area contributed by atoms with Crippen molar-refractivity contribution in [3.05, 3.63) is 88.5 Å². The van der Waals surface area contributed by atoms with Crippen LogP contribution >= 0.6 is 0 Å². The van der Waals surface area contributed by atoms with Crippen molar-refractivity contribution < 1.29 is 54.5 Å². The highest BCUT2D eigenvalue weighted by Crippen LogP contribution is 2.32. The van der Waals surface area contributed by atoms with Gasteiger partial charge in [-0.25, -0.2) is 0 Å². The van der Waals surface area contributed by atoms with Gasteiger partial charge in [-0.2, -0.15) is 0 Å². The second-order valence-electron chi connectivity index (χ2n) is 6.37. The second-order valence-corrected chi connectivity index (χ2v) is 6.37. The fraction of sp³-hybridized carbons (Fsp3) is 0.500. The van der Waals surface area contributed by atoms with E-state index in [-0.39, 0.29) is 5.56 Å². The quantitative estimate of drug-likeness (QED) is 0.215. The number of nitro groups is 3. The van der Waals surface area contributed by atoms with E-state index in [1.807, 2.05) is 0 Å². The van der Waals surface area contributed by atoms with Crippen LogP contribution in [0.25, 0.3) is 0 Å². The van der Waals surface area contributed by atoms with Gasteiger partial charge in [-0.3, -0.25) is 30.3 Å². The fourth-order valence-corrected chi connectivity index (χ4v) is 2.16. The van der Waals surface area contributed by atoms with Gasteiger partial charge in [0.2, 0.25) is 0 Å². The topological polar surface area (TPSA) is 339 Å². The van der Waals surface area contributed by atoms with Crippen LogP contribution in [-0.2, 0) is 19.4 Å². The van der Waals surface area contributed by atoms with Crippen LogP contribution in [0.15, 0.2) is 12.1 Å². The molecule has 0 heterocycles. The SMILES string of the molecule is Cc1c([N+](=O)[O-])cc([N+](=O)[O-])cc1[N+](=O)[O-].O=[N+]([O-])OCC(CO[N+](=O)[O-])(CO[N+](=O)[O-])CO[N+](=O)[O-]. The van der Waals surface area contributed by atoms with Crippen molar-refractivity contribution in [2.24, 2.45) is 5.41 Å². The average Bonchev–Trinajstić information content (AvgIpc) is 2.77. The number of nitrogens with zero attached hydrogens (tertiary/aromatic N) is 7. The number of non-ortho nitro benzene ring substituents is 1. The van der Waals surface area contributed by atoms with Gasteiger partial charge in [0.15, 0.2) is 0 Å². The average molecular weight is 543 g/mol. The molecule has 0 spiro atoms. The molecule has 1 aromatic rings. The predicted molar refractivity (Wildman–Crippen MR) is 105 cm³/mol. The number of hydrogen-bond donors (Lipinski definition) is 0. The minimum atomic E-state index is -2.03. The first kappa shape index (κ1) is 31.2. The molecule has 0 radical (unpaired) electrons. The molecular formula is C12H13N7O18. The summed E-state index contributed by atoms with van der Waals surface area (Å²) in [5.74, 6) is 0. The molecule has 25 heteroatoms. The van der Waals surface area contributed by atoms with Crippen LogP contribution in [0, 0.1) is 83.1 Å². The zero-order chi connectivity index (χ0) is 28.9. The van der Waals surface area contributed by atoms with Crippen LogP contribution in [0.4, 0.5) is 17.1 Å². The van der Waals surface area contributed by atoms with E-state index in [1.54, 1.807) is 0 Å². The molecule has 1 aromatic carbocycles. The largest absolute Gasteiger partial charge is 0.313 e. The standard InChI is InChI=1S/C7H5N3O6.C5H8N4O12/c1-4-6(9(13)14)2-5(8(11)12)3-7(4)10(15)16;10-6(11)18-1-5(2-19-7(12)13,3-20-8(14)15)4-21-9(16)17/h2-3H,1H3;1-4H2. The Balaban J connectivity index is 0.000000724. The molecule has 0 atom stereocenters. The van der Waals surface area contributed by atoms with Crippen LogP contribution in [0.1, 0.15) is 5.56 Å². The van der Waals surface area contributed by atoms with Crippen LogP contribution in [0.2, 0.25) is 0 Å². The molecule has 0 N–H and O–H groups in total. The van der Waals surface area contributed by atoms with Gasteiger partial charge in [-0.15, -0.1) is 40.5 Å². The Morgan fingerprint density at radius 2 is 0.838 bits per heavy atom. The molecule has 0 aliphatic rings. The molecule has 0 bridgehead atoms. The Kier molecular flexibility index (Phi) is 11.7. The van der Waals surface area contributed by atoms with Gasteiger partial charge in [-0.05, 0) is 6.92 Å². The van der Waals surface area contributed by atoms with E-state index in [4.69, 9.17) is 0 Å². The first-order valence-electron chi connectivity index (χ1n) is 8.68. The molecule has 1 rings (SSSR count). The molecule has 204 valence electrons. The number of hydrogen-bond acceptors (Lipinski definition) is 18. The lowest BCUT2D eigenvalue weighted by atomic mass is 9.92. The molecule has 0 unspecified atom stereocenters. The summed E-state index contributed by atoms with van der Waals surface area (Å²) in [5, 5.41) is 66.7. The third kappa shape index (κ3) is 11.3. The Bertz CT molecular complexity index is 963. The first-order chi connectivity index (χ1) is 17.0. The monoisotopic (exact) mass is 543 g/mol. The molecule has 0 amide bonds. The zero-order valence-corrected chi connectivity index (χ0v) is 18.0. The smallest absolute Gasteiger partial charge is 0.294 e. The maximum Gasteiger partial charge on any atom is 0.294 e. The maximum atomic E-state index is 10.5. The van der Waals surface area contributed by atoms with Gasteiger partial charge in [0.05, 0.1) is 32.3 Å². The minimum Gasteiger partial charge on any atom is -0.313 e. The van der Waals surface area contributed by atoms with Crippen molar-refractivity contribution in [3.8, 4) is 0 Å². The van der Waals surface area contributed by atoms with Crippen molar-refractivity contribution in [1.29, 1.82) is 0 Å². The lowest BCUT2D eigenvalue weighted by molar-refractivity contribution is -0.792. The van der Waals surface area contributed by atoms with Crippen molar-refractivity contribution in [2.75, 3.05) is 26.4 Å². The van der Waals surface area contributed by atoms with Gasteiger partial charge in [0, 0.05) is 0 Å². The van der Waals surface area contributed by atoms with Crippen molar-refractivity contribution in [3.63, 3.8) is 0 Å². The van der Waals surface area contributed by atoms with Gasteiger partial charge in [-0.1, -0.05) is 0 Å². The maximum absolute atomic E-state index is 10.5. The lowest BCUT2D eigenvalue weighted by Crippen LogP contribution is -2.43. The van der Waals surface area contributed by atoms with Crippen molar-refractivity contribution >= 4 is 17.1 Å². The third-order valence-corrected chi connectivity index (χ3v) is 3.85. The summed E-state index contributed by atoms with van der Waals surface area (Å²) in [7, 11) is 0. The highest BCUT2D eigenvalue weighted by atomic mass is 17.0. The Hall–Kier alpha value is -5.78. The molecule has 0 fully saturated rings. The van der Waals surface area contributed by atoms with Crippen molar-refractivity contribution in [1.82, 2.24) is 0 Å². The molecular weight excluding hydrogens is 530 g/mol. The van der Waals surface area contributed by atoms with E-state index >= 15 is 0 Å². The molecule has 37 heavy (non-hydrogen) atoms. The van der Waals surface area contributed by atoms with Crippen LogP contribution in [-0.4, -0.2) is 61.5 Å². The van der Waals surface area contributed by atoms with E-state index in [9.17, 15) is 70.8 Å². The fourth-order valence-electron chi connectivity index (χ4n) is 2.16. The summed E-state index contributed by atoms with van der Waals surface area (Å²) in [6.45, 7) is -2.96. The number of rotatable bonds is 15.